The second kappa shape index (κ2) is 7.76. The Hall–Kier alpha value is -2.24. The highest BCUT2D eigenvalue weighted by atomic mass is 16.3. The third-order valence-electron chi connectivity index (χ3n) is 4.85. The Morgan fingerprint density at radius 3 is 2.88 bits per heavy atom. The molecule has 1 aromatic heterocycles. The number of aliphatic hydroxyl groups is 1. The van der Waals surface area contributed by atoms with Crippen LogP contribution in [-0.2, 0) is 17.8 Å². The van der Waals surface area contributed by atoms with Crippen molar-refractivity contribution in [3.63, 3.8) is 0 Å². The first kappa shape index (κ1) is 17.6. The van der Waals surface area contributed by atoms with Gasteiger partial charge in [-0.3, -0.25) is 14.7 Å². The number of para-hydroxylation sites is 1. The summed E-state index contributed by atoms with van der Waals surface area (Å²) in [5.41, 5.74) is 3.26. The van der Waals surface area contributed by atoms with Crippen LogP contribution in [0.1, 0.15) is 25.0 Å². The summed E-state index contributed by atoms with van der Waals surface area (Å²) >= 11 is 0. The molecule has 5 heteroatoms. The number of fused-ring (bicyclic) bond motifs is 1. The number of carbonyl (C=O) groups excluding carboxylic acids is 1. The lowest BCUT2D eigenvalue weighted by Gasteiger charge is -2.32. The van der Waals surface area contributed by atoms with Crippen LogP contribution in [0.3, 0.4) is 0 Å². The number of hydrogen-bond acceptors (Lipinski definition) is 4. The van der Waals surface area contributed by atoms with Gasteiger partial charge < -0.3 is 10.0 Å². The maximum absolute atomic E-state index is 13.2. The summed E-state index contributed by atoms with van der Waals surface area (Å²) in [7, 11) is 0. The zero-order valence-electron chi connectivity index (χ0n) is 14.8. The predicted molar refractivity (Wildman–Crippen MR) is 98.3 cm³/mol. The Kier molecular flexibility index (Phi) is 5.46. The van der Waals surface area contributed by atoms with Crippen LogP contribution in [0.25, 0.3) is 0 Å². The minimum absolute atomic E-state index is 0.0179. The molecule has 5 nitrogen and oxygen atoms in total. The van der Waals surface area contributed by atoms with Gasteiger partial charge in [-0.25, -0.2) is 0 Å². The topological polar surface area (TPSA) is 56.7 Å². The zero-order valence-corrected chi connectivity index (χ0v) is 14.8. The van der Waals surface area contributed by atoms with E-state index in [0.29, 0.717) is 13.1 Å². The molecule has 3 rings (SSSR count). The van der Waals surface area contributed by atoms with Crippen molar-refractivity contribution in [1.82, 2.24) is 9.88 Å². The SMILES string of the molecule is CC(C(=O)N1c2ccccc2CC1C)N(CCO)Cc1cccnc1. The summed E-state index contributed by atoms with van der Waals surface area (Å²) in [6, 6.07) is 11.8. The minimum atomic E-state index is -0.319. The van der Waals surface area contributed by atoms with Crippen LogP contribution >= 0.6 is 0 Å². The van der Waals surface area contributed by atoms with Gasteiger partial charge in [-0.15, -0.1) is 0 Å². The summed E-state index contributed by atoms with van der Waals surface area (Å²) in [4.78, 5) is 21.3. The number of anilines is 1. The fourth-order valence-corrected chi connectivity index (χ4v) is 3.52. The molecule has 0 saturated heterocycles. The van der Waals surface area contributed by atoms with Gasteiger partial charge in [0.15, 0.2) is 0 Å². The Balaban J connectivity index is 1.79. The van der Waals surface area contributed by atoms with Crippen molar-refractivity contribution in [2.24, 2.45) is 0 Å². The van der Waals surface area contributed by atoms with Crippen molar-refractivity contribution in [3.05, 3.63) is 59.9 Å². The van der Waals surface area contributed by atoms with Gasteiger partial charge in [-0.1, -0.05) is 24.3 Å². The normalized spacial score (nSPS) is 17.6. The summed E-state index contributed by atoms with van der Waals surface area (Å²) in [5, 5.41) is 9.44. The van der Waals surface area contributed by atoms with Gasteiger partial charge in [0.05, 0.1) is 12.6 Å². The number of benzene rings is 1. The molecule has 2 atom stereocenters. The van der Waals surface area contributed by atoms with Crippen LogP contribution in [0.5, 0.6) is 0 Å². The number of pyridine rings is 1. The smallest absolute Gasteiger partial charge is 0.244 e. The average Bonchev–Trinajstić information content (AvgIpc) is 2.96. The first-order valence-corrected chi connectivity index (χ1v) is 8.76. The molecule has 0 radical (unpaired) electrons. The van der Waals surface area contributed by atoms with E-state index in [-0.39, 0.29) is 24.6 Å². The van der Waals surface area contributed by atoms with Crippen molar-refractivity contribution >= 4 is 11.6 Å². The number of aromatic nitrogens is 1. The Bertz CT molecular complexity index is 720. The van der Waals surface area contributed by atoms with Gasteiger partial charge in [0.25, 0.3) is 0 Å². The van der Waals surface area contributed by atoms with E-state index in [2.05, 4.69) is 18.0 Å². The van der Waals surface area contributed by atoms with Gasteiger partial charge in [-0.2, -0.15) is 0 Å². The number of carbonyl (C=O) groups is 1. The molecule has 25 heavy (non-hydrogen) atoms. The van der Waals surface area contributed by atoms with E-state index in [4.69, 9.17) is 0 Å². The number of amides is 1. The first-order chi connectivity index (χ1) is 12.1. The molecule has 0 bridgehead atoms. The highest BCUT2D eigenvalue weighted by Gasteiger charge is 2.34. The zero-order chi connectivity index (χ0) is 17.8. The summed E-state index contributed by atoms with van der Waals surface area (Å²) in [6.07, 6.45) is 4.42. The van der Waals surface area contributed by atoms with Gasteiger partial charge in [0.1, 0.15) is 0 Å². The van der Waals surface area contributed by atoms with Crippen molar-refractivity contribution in [1.29, 1.82) is 0 Å². The van der Waals surface area contributed by atoms with E-state index in [0.717, 1.165) is 17.7 Å². The molecule has 1 N–H and O–H groups in total. The van der Waals surface area contributed by atoms with E-state index >= 15 is 0 Å². The third kappa shape index (κ3) is 3.72. The molecular formula is C20H25N3O2. The molecule has 1 aliphatic heterocycles. The Morgan fingerprint density at radius 1 is 1.36 bits per heavy atom. The van der Waals surface area contributed by atoms with Gasteiger partial charge >= 0.3 is 0 Å². The van der Waals surface area contributed by atoms with Crippen LogP contribution < -0.4 is 4.90 Å². The molecule has 1 aliphatic rings. The second-order valence-corrected chi connectivity index (χ2v) is 6.62. The molecule has 132 valence electrons. The van der Waals surface area contributed by atoms with E-state index in [1.165, 1.54) is 5.56 Å². The van der Waals surface area contributed by atoms with Crippen LogP contribution in [0.15, 0.2) is 48.8 Å². The molecule has 2 unspecified atom stereocenters. The van der Waals surface area contributed by atoms with E-state index in [1.807, 2.05) is 47.1 Å². The Morgan fingerprint density at radius 2 is 2.16 bits per heavy atom. The quantitative estimate of drug-likeness (QED) is 0.877. The summed E-state index contributed by atoms with van der Waals surface area (Å²) in [6.45, 7) is 5.06. The highest BCUT2D eigenvalue weighted by Crippen LogP contribution is 2.32. The minimum Gasteiger partial charge on any atom is -0.395 e. The largest absolute Gasteiger partial charge is 0.395 e. The molecule has 0 aliphatic carbocycles. The monoisotopic (exact) mass is 339 g/mol. The lowest BCUT2D eigenvalue weighted by atomic mass is 10.1. The van der Waals surface area contributed by atoms with Crippen molar-refractivity contribution < 1.29 is 9.90 Å². The molecule has 2 aromatic rings. The summed E-state index contributed by atoms with van der Waals surface area (Å²) < 4.78 is 0. The van der Waals surface area contributed by atoms with Crippen LogP contribution in [0.4, 0.5) is 5.69 Å². The van der Waals surface area contributed by atoms with Gasteiger partial charge in [0.2, 0.25) is 5.91 Å². The molecular weight excluding hydrogens is 314 g/mol. The maximum Gasteiger partial charge on any atom is 0.244 e. The van der Waals surface area contributed by atoms with Crippen LogP contribution in [0, 0.1) is 0 Å². The number of rotatable bonds is 6. The van der Waals surface area contributed by atoms with Crippen LogP contribution in [0.2, 0.25) is 0 Å². The third-order valence-corrected chi connectivity index (χ3v) is 4.85. The summed E-state index contributed by atoms with van der Waals surface area (Å²) in [5.74, 6) is 0.0785. The average molecular weight is 339 g/mol. The maximum atomic E-state index is 13.2. The van der Waals surface area contributed by atoms with Gasteiger partial charge in [-0.05, 0) is 43.5 Å². The molecule has 0 spiro atoms. The number of nitrogens with zero attached hydrogens (tertiary/aromatic N) is 3. The van der Waals surface area contributed by atoms with E-state index in [1.54, 1.807) is 12.4 Å². The fraction of sp³-hybridized carbons (Fsp3) is 0.400. The highest BCUT2D eigenvalue weighted by molar-refractivity contribution is 5.99. The van der Waals surface area contributed by atoms with E-state index < -0.39 is 0 Å². The van der Waals surface area contributed by atoms with Gasteiger partial charge in [0, 0.05) is 37.2 Å². The standard InChI is InChI=1S/C20H25N3O2/c1-15-12-18-7-3-4-8-19(18)23(15)20(25)16(2)22(10-11-24)14-17-6-5-9-21-13-17/h3-9,13,15-16,24H,10-12,14H2,1-2H3. The molecule has 1 aromatic carbocycles. The second-order valence-electron chi connectivity index (χ2n) is 6.62. The fourth-order valence-electron chi connectivity index (χ4n) is 3.52. The first-order valence-electron chi connectivity index (χ1n) is 8.76. The lowest BCUT2D eigenvalue weighted by Crippen LogP contribution is -2.49. The van der Waals surface area contributed by atoms with Crippen LogP contribution in [-0.4, -0.2) is 46.1 Å². The van der Waals surface area contributed by atoms with Crippen molar-refractivity contribution in [2.45, 2.75) is 38.9 Å². The Labute approximate surface area is 148 Å². The predicted octanol–water partition coefficient (Wildman–Crippen LogP) is 2.24. The molecule has 0 saturated carbocycles. The van der Waals surface area contributed by atoms with Crippen molar-refractivity contribution in [3.8, 4) is 0 Å². The molecule has 2 heterocycles. The molecule has 0 fully saturated rings. The van der Waals surface area contributed by atoms with E-state index in [9.17, 15) is 9.90 Å². The van der Waals surface area contributed by atoms with Crippen molar-refractivity contribution in [2.75, 3.05) is 18.1 Å². The number of aliphatic hydroxyl groups excluding tert-OH is 1. The lowest BCUT2D eigenvalue weighted by molar-refractivity contribution is -0.124. The number of hydrogen-bond donors (Lipinski definition) is 1. The molecule has 1 amide bonds.